The van der Waals surface area contributed by atoms with Crippen LogP contribution in [-0.4, -0.2) is 104 Å². The average molecular weight is 676 g/mol. The van der Waals surface area contributed by atoms with Gasteiger partial charge in [0.05, 0.1) is 31.6 Å². The highest BCUT2D eigenvalue weighted by molar-refractivity contribution is 7.47. The predicted octanol–water partition coefficient (Wildman–Crippen LogP) is -1.25. The molecule has 10 atom stereocenters. The highest BCUT2D eigenvalue weighted by Crippen LogP contribution is 2.51. The van der Waals surface area contributed by atoms with Crippen molar-refractivity contribution in [3.05, 3.63) is 35.3 Å². The normalized spacial score (nSPS) is 30.3. The lowest BCUT2D eigenvalue weighted by Gasteiger charge is -2.24. The van der Waals surface area contributed by atoms with E-state index in [2.05, 4.69) is 24.9 Å². The van der Waals surface area contributed by atoms with Gasteiger partial charge in [-0.05, 0) is 6.07 Å². The fraction of sp³-hybridized carbons (Fsp3) is 0.476. The Morgan fingerprint density at radius 2 is 1.78 bits per heavy atom. The molecule has 0 aliphatic carbocycles. The minimum atomic E-state index is -5.24. The number of nitrogen functional groups attached to an aromatic ring is 2. The number of aliphatic hydroxyl groups excluding tert-OH is 2. The topological polar surface area (TPSA) is 308 Å². The number of aliphatic hydroxyl groups is 2. The second-order valence-corrected chi connectivity index (χ2v) is 12.0. The number of rotatable bonds is 10. The summed E-state index contributed by atoms with van der Waals surface area (Å²) in [6, 6.07) is 1.50. The Morgan fingerprint density at radius 1 is 1.09 bits per heavy atom. The van der Waals surface area contributed by atoms with E-state index in [-0.39, 0.29) is 34.0 Å². The largest absolute Gasteiger partial charge is 0.695 e. The SMILES string of the molecule is Nc1nc2c(ncn2[C@@H]2O[C@H](CO)[C@H](F)[C@H]2OP(=O)(O)OC[C@H]2O[C@@H](n3cnc4c(N)ccnc43)[C@H](O)[C@@H]2O[P+](=O)O)c(=O)[nH]1. The van der Waals surface area contributed by atoms with Crippen molar-refractivity contribution in [2.24, 2.45) is 0 Å². The molecule has 0 radical (unpaired) electrons. The smallest absolute Gasteiger partial charge is 0.397 e. The quantitative estimate of drug-likeness (QED) is 0.0965. The van der Waals surface area contributed by atoms with Crippen LogP contribution in [0, 0.1) is 0 Å². The third-order valence-corrected chi connectivity index (χ3v) is 8.52. The minimum Gasteiger partial charge on any atom is -0.397 e. The molecule has 0 spiro atoms. The van der Waals surface area contributed by atoms with Crippen LogP contribution >= 0.6 is 16.1 Å². The Kier molecular flexibility index (Phi) is 8.39. The van der Waals surface area contributed by atoms with Gasteiger partial charge in [-0.15, -0.1) is 9.42 Å². The summed E-state index contributed by atoms with van der Waals surface area (Å²) in [7, 11) is -8.54. The monoisotopic (exact) mass is 676 g/mol. The number of nitrogens with two attached hydrogens (primary N) is 2. The number of H-pyrrole nitrogens is 1. The fourth-order valence-corrected chi connectivity index (χ4v) is 6.51. The Balaban J connectivity index is 1.22. The lowest BCUT2D eigenvalue weighted by atomic mass is 10.1. The fourth-order valence-electron chi connectivity index (χ4n) is 5.12. The van der Waals surface area contributed by atoms with E-state index in [9.17, 15) is 33.9 Å². The van der Waals surface area contributed by atoms with Crippen molar-refractivity contribution in [1.82, 2.24) is 34.1 Å². The molecule has 0 amide bonds. The third-order valence-electron chi connectivity index (χ3n) is 7.11. The first-order chi connectivity index (χ1) is 21.4. The van der Waals surface area contributed by atoms with Gasteiger partial charge in [0.25, 0.3) is 5.56 Å². The molecule has 4 aromatic rings. The molecule has 6 heterocycles. The maximum atomic E-state index is 15.3. The van der Waals surface area contributed by atoms with Crippen LogP contribution in [0.3, 0.4) is 0 Å². The number of ether oxygens (including phenoxy) is 2. The first kappa shape index (κ1) is 31.5. The molecule has 242 valence electrons. The van der Waals surface area contributed by atoms with E-state index in [0.29, 0.717) is 0 Å². The van der Waals surface area contributed by atoms with E-state index in [1.54, 1.807) is 0 Å². The number of aromatic amines is 1. The van der Waals surface area contributed by atoms with Crippen LogP contribution in [-0.2, 0) is 32.2 Å². The van der Waals surface area contributed by atoms with Crippen LogP contribution in [0.15, 0.2) is 29.7 Å². The maximum absolute atomic E-state index is 15.3. The Labute approximate surface area is 250 Å². The molecule has 6 rings (SSSR count). The van der Waals surface area contributed by atoms with Crippen molar-refractivity contribution in [2.75, 3.05) is 24.7 Å². The number of phosphoric ester groups is 1. The third kappa shape index (κ3) is 5.82. The summed E-state index contributed by atoms with van der Waals surface area (Å²) in [6.07, 6.45) is -9.58. The number of pyridine rings is 1. The zero-order chi connectivity index (χ0) is 32.2. The molecule has 0 saturated carbocycles. The molecule has 2 fully saturated rings. The van der Waals surface area contributed by atoms with Crippen LogP contribution in [0.5, 0.6) is 0 Å². The molecule has 0 aromatic carbocycles. The van der Waals surface area contributed by atoms with Gasteiger partial charge in [0.1, 0.15) is 29.9 Å². The van der Waals surface area contributed by atoms with Gasteiger partial charge in [-0.1, -0.05) is 0 Å². The summed E-state index contributed by atoms with van der Waals surface area (Å²) in [5.41, 5.74) is 11.1. The molecule has 2 unspecified atom stereocenters. The van der Waals surface area contributed by atoms with Gasteiger partial charge in [-0.3, -0.25) is 28.0 Å². The molecule has 9 N–H and O–H groups in total. The van der Waals surface area contributed by atoms with Gasteiger partial charge in [-0.25, -0.2) is 23.9 Å². The Hall–Kier alpha value is -3.53. The Morgan fingerprint density at radius 3 is 2.49 bits per heavy atom. The minimum absolute atomic E-state index is 0.171. The number of fused-ring (bicyclic) bond motifs is 2. The van der Waals surface area contributed by atoms with Crippen LogP contribution < -0.4 is 17.0 Å². The van der Waals surface area contributed by atoms with Gasteiger partial charge in [0.2, 0.25) is 5.95 Å². The van der Waals surface area contributed by atoms with E-state index in [4.69, 9.17) is 34.5 Å². The van der Waals surface area contributed by atoms with E-state index in [0.717, 1.165) is 10.9 Å². The summed E-state index contributed by atoms with van der Waals surface area (Å²) in [5, 5.41) is 20.5. The number of nitrogens with one attached hydrogen (secondary N) is 1. The first-order valence-electron chi connectivity index (χ1n) is 12.9. The molecule has 4 aromatic heterocycles. The molecule has 21 nitrogen and oxygen atoms in total. The molecule has 24 heteroatoms. The standard InChI is InChI=1S/C21H24FN9O12P2/c22-10-8(3-32)40-20(31-6-27-12-17(31)28-21(24)29-18(12)34)15(10)43-45(37,38)39-4-9-14(42-44(35)36)13(33)19(41-9)30-5-26-11-7(23)1-2-25-16(11)30/h1-2,5-6,8-10,13-15,19-20,32-33H,3-4H2,(H6-,23,24,25,28,29,34,35,36,37,38)/p+1/t8-,9-,10+,13-,14-,15-,19-,20-/m1/s1. The number of hydrogen-bond donors (Lipinski definition) is 7. The van der Waals surface area contributed by atoms with Gasteiger partial charge in [0.15, 0.2) is 41.5 Å². The predicted molar refractivity (Wildman–Crippen MR) is 146 cm³/mol. The van der Waals surface area contributed by atoms with Gasteiger partial charge in [0, 0.05) is 10.8 Å². The van der Waals surface area contributed by atoms with Crippen molar-refractivity contribution in [2.45, 2.75) is 49.1 Å². The summed E-state index contributed by atoms with van der Waals surface area (Å²) < 4.78 is 68.7. The highest BCUT2D eigenvalue weighted by Gasteiger charge is 2.53. The summed E-state index contributed by atoms with van der Waals surface area (Å²) in [4.78, 5) is 50.5. The van der Waals surface area contributed by atoms with Crippen molar-refractivity contribution in [1.29, 1.82) is 0 Å². The maximum Gasteiger partial charge on any atom is 0.695 e. The van der Waals surface area contributed by atoms with Crippen LogP contribution in [0.1, 0.15) is 12.5 Å². The molecule has 0 bridgehead atoms. The number of halogens is 1. The summed E-state index contributed by atoms with van der Waals surface area (Å²) in [6.45, 7) is -1.73. The number of alkyl halides is 1. The summed E-state index contributed by atoms with van der Waals surface area (Å²) in [5.74, 6) is -0.308. The Bertz CT molecular complexity index is 1860. The van der Waals surface area contributed by atoms with E-state index in [1.165, 1.54) is 23.2 Å². The zero-order valence-corrected chi connectivity index (χ0v) is 24.3. The number of nitrogens with zero attached hydrogens (tertiary/aromatic N) is 6. The number of anilines is 2. The van der Waals surface area contributed by atoms with E-state index in [1.807, 2.05) is 0 Å². The number of hydrogen-bond acceptors (Lipinski definition) is 16. The van der Waals surface area contributed by atoms with Crippen LogP contribution in [0.4, 0.5) is 16.0 Å². The summed E-state index contributed by atoms with van der Waals surface area (Å²) >= 11 is 0. The molecule has 2 aliphatic heterocycles. The molecular formula is C21H25FN9O12P2+. The molecule has 2 saturated heterocycles. The number of aromatic nitrogens is 7. The second-order valence-electron chi connectivity index (χ2n) is 9.89. The van der Waals surface area contributed by atoms with Crippen LogP contribution in [0.25, 0.3) is 22.3 Å². The van der Waals surface area contributed by atoms with Gasteiger partial charge in [-0.2, -0.15) is 4.98 Å². The number of phosphoric acid groups is 1. The zero-order valence-electron chi connectivity index (χ0n) is 22.5. The van der Waals surface area contributed by atoms with Crippen molar-refractivity contribution < 1.29 is 56.6 Å². The van der Waals surface area contributed by atoms with E-state index < -0.39 is 84.0 Å². The molecule has 2 aliphatic rings. The second kappa shape index (κ2) is 12.0. The van der Waals surface area contributed by atoms with Gasteiger partial charge >= 0.3 is 16.1 Å². The van der Waals surface area contributed by atoms with Crippen molar-refractivity contribution >= 4 is 50.0 Å². The first-order valence-corrected chi connectivity index (χ1v) is 15.5. The average Bonchev–Trinajstić information content (AvgIpc) is 3.73. The van der Waals surface area contributed by atoms with Crippen molar-refractivity contribution in [3.63, 3.8) is 0 Å². The van der Waals surface area contributed by atoms with Gasteiger partial charge < -0.3 is 36.0 Å². The lowest BCUT2D eigenvalue weighted by molar-refractivity contribution is -0.0608. The van der Waals surface area contributed by atoms with Crippen LogP contribution in [0.2, 0.25) is 0 Å². The molecular weight excluding hydrogens is 651 g/mol. The number of imidazole rings is 2. The highest BCUT2D eigenvalue weighted by atomic mass is 31.2. The van der Waals surface area contributed by atoms with Crippen molar-refractivity contribution in [3.8, 4) is 0 Å². The molecule has 45 heavy (non-hydrogen) atoms. The van der Waals surface area contributed by atoms with E-state index >= 15 is 4.39 Å². The lowest BCUT2D eigenvalue weighted by Crippen LogP contribution is -2.35.